The largest absolute Gasteiger partial charge is 0.340 e. The van der Waals surface area contributed by atoms with Crippen LogP contribution < -0.4 is 5.73 Å². The Morgan fingerprint density at radius 1 is 1.62 bits per heavy atom. The zero-order chi connectivity index (χ0) is 12.3. The second-order valence-electron chi connectivity index (χ2n) is 4.66. The normalized spacial score (nSPS) is 11.6. The summed E-state index contributed by atoms with van der Waals surface area (Å²) in [4.78, 5) is 14.5. The fourth-order valence-electron chi connectivity index (χ4n) is 1.39. The van der Waals surface area contributed by atoms with Gasteiger partial charge in [-0.15, -0.1) is 11.3 Å². The van der Waals surface area contributed by atoms with Crippen LogP contribution in [0.4, 0.5) is 0 Å². The second kappa shape index (κ2) is 5.29. The van der Waals surface area contributed by atoms with Gasteiger partial charge in [-0.05, 0) is 34.0 Å². The highest BCUT2D eigenvalue weighted by Crippen LogP contribution is 2.22. The maximum atomic E-state index is 12.0. The molecule has 0 saturated carbocycles. The molecule has 1 heterocycles. The van der Waals surface area contributed by atoms with Gasteiger partial charge in [-0.25, -0.2) is 0 Å². The van der Waals surface area contributed by atoms with E-state index in [1.807, 2.05) is 18.5 Å². The van der Waals surface area contributed by atoms with Gasteiger partial charge in [0.05, 0.1) is 4.88 Å². The summed E-state index contributed by atoms with van der Waals surface area (Å²) in [6, 6.07) is 1.85. The molecule has 0 saturated heterocycles. The summed E-state index contributed by atoms with van der Waals surface area (Å²) >= 11 is 4.79. The quantitative estimate of drug-likeness (QED) is 0.929. The van der Waals surface area contributed by atoms with Crippen molar-refractivity contribution in [2.24, 2.45) is 11.1 Å². The SMILES string of the molecule is CN(CC(C)(C)CN)C(=O)c1cc(Br)cs1. The van der Waals surface area contributed by atoms with E-state index in [1.54, 1.807) is 4.90 Å². The molecule has 90 valence electrons. The fourth-order valence-corrected chi connectivity index (χ4v) is 2.81. The fraction of sp³-hybridized carbons (Fsp3) is 0.545. The minimum atomic E-state index is -0.0428. The monoisotopic (exact) mass is 304 g/mol. The molecule has 0 bridgehead atoms. The Morgan fingerprint density at radius 3 is 2.69 bits per heavy atom. The van der Waals surface area contributed by atoms with Crippen molar-refractivity contribution in [1.29, 1.82) is 0 Å². The van der Waals surface area contributed by atoms with E-state index in [2.05, 4.69) is 29.8 Å². The van der Waals surface area contributed by atoms with Crippen molar-refractivity contribution < 1.29 is 4.79 Å². The van der Waals surface area contributed by atoms with Crippen molar-refractivity contribution in [1.82, 2.24) is 4.90 Å². The maximum absolute atomic E-state index is 12.0. The van der Waals surface area contributed by atoms with Gasteiger partial charge in [0.2, 0.25) is 0 Å². The molecule has 3 nitrogen and oxygen atoms in total. The van der Waals surface area contributed by atoms with Gasteiger partial charge in [-0.2, -0.15) is 0 Å². The van der Waals surface area contributed by atoms with Crippen molar-refractivity contribution in [3.63, 3.8) is 0 Å². The van der Waals surface area contributed by atoms with Crippen LogP contribution in [0.5, 0.6) is 0 Å². The third kappa shape index (κ3) is 3.57. The van der Waals surface area contributed by atoms with Crippen LogP contribution >= 0.6 is 27.3 Å². The minimum Gasteiger partial charge on any atom is -0.340 e. The first-order valence-corrected chi connectivity index (χ1v) is 6.72. The molecule has 0 aliphatic carbocycles. The molecule has 0 aliphatic heterocycles. The Labute approximate surface area is 109 Å². The van der Waals surface area contributed by atoms with E-state index in [0.29, 0.717) is 13.1 Å². The lowest BCUT2D eigenvalue weighted by Crippen LogP contribution is -2.39. The Balaban J connectivity index is 2.68. The molecule has 0 radical (unpaired) electrons. The molecule has 16 heavy (non-hydrogen) atoms. The standard InChI is InChI=1S/C11H17BrN2OS/c1-11(2,6-13)7-14(3)10(15)9-4-8(12)5-16-9/h4-5H,6-7,13H2,1-3H3. The summed E-state index contributed by atoms with van der Waals surface area (Å²) < 4.78 is 0.951. The van der Waals surface area contributed by atoms with E-state index in [9.17, 15) is 4.79 Å². The molecule has 1 rings (SSSR count). The van der Waals surface area contributed by atoms with Gasteiger partial charge in [0.25, 0.3) is 5.91 Å². The number of rotatable bonds is 4. The van der Waals surface area contributed by atoms with E-state index in [0.717, 1.165) is 9.35 Å². The van der Waals surface area contributed by atoms with E-state index in [-0.39, 0.29) is 11.3 Å². The third-order valence-corrected chi connectivity index (χ3v) is 4.02. The first-order valence-electron chi connectivity index (χ1n) is 5.05. The van der Waals surface area contributed by atoms with Crippen molar-refractivity contribution in [2.75, 3.05) is 20.1 Å². The van der Waals surface area contributed by atoms with Gasteiger partial charge in [0.1, 0.15) is 0 Å². The number of hydrogen-bond donors (Lipinski definition) is 1. The van der Waals surface area contributed by atoms with Gasteiger partial charge < -0.3 is 10.6 Å². The van der Waals surface area contributed by atoms with Crippen LogP contribution in [0.15, 0.2) is 15.9 Å². The highest BCUT2D eigenvalue weighted by molar-refractivity contribution is 9.10. The smallest absolute Gasteiger partial charge is 0.263 e. The molecule has 2 N–H and O–H groups in total. The Morgan fingerprint density at radius 2 is 2.25 bits per heavy atom. The molecule has 0 fully saturated rings. The predicted molar refractivity (Wildman–Crippen MR) is 71.8 cm³/mol. The first kappa shape index (κ1) is 13.7. The van der Waals surface area contributed by atoms with Crippen LogP contribution in [0.2, 0.25) is 0 Å². The van der Waals surface area contributed by atoms with E-state index >= 15 is 0 Å². The molecule has 0 aromatic carbocycles. The predicted octanol–water partition coefficient (Wildman–Crippen LogP) is 2.57. The molecule has 0 aliphatic rings. The lowest BCUT2D eigenvalue weighted by Gasteiger charge is -2.28. The number of hydrogen-bond acceptors (Lipinski definition) is 3. The van der Waals surface area contributed by atoms with Crippen molar-refractivity contribution in [3.8, 4) is 0 Å². The van der Waals surface area contributed by atoms with Crippen LogP contribution in [0.25, 0.3) is 0 Å². The minimum absolute atomic E-state index is 0.0428. The number of nitrogens with zero attached hydrogens (tertiary/aromatic N) is 1. The summed E-state index contributed by atoms with van der Waals surface area (Å²) in [5, 5.41) is 1.91. The van der Waals surface area contributed by atoms with E-state index in [1.165, 1.54) is 11.3 Å². The van der Waals surface area contributed by atoms with Crippen molar-refractivity contribution in [2.45, 2.75) is 13.8 Å². The topological polar surface area (TPSA) is 46.3 Å². The zero-order valence-electron chi connectivity index (χ0n) is 9.79. The lowest BCUT2D eigenvalue weighted by molar-refractivity contribution is 0.0745. The van der Waals surface area contributed by atoms with Crippen LogP contribution in [-0.2, 0) is 0 Å². The molecule has 0 unspecified atom stereocenters. The van der Waals surface area contributed by atoms with E-state index < -0.39 is 0 Å². The Bertz CT molecular complexity index is 376. The lowest BCUT2D eigenvalue weighted by atomic mass is 9.93. The van der Waals surface area contributed by atoms with Gasteiger partial charge in [-0.1, -0.05) is 13.8 Å². The number of carbonyl (C=O) groups excluding carboxylic acids is 1. The van der Waals surface area contributed by atoms with Crippen LogP contribution in [0, 0.1) is 5.41 Å². The summed E-state index contributed by atoms with van der Waals surface area (Å²) in [7, 11) is 1.81. The number of halogens is 1. The number of thiophene rings is 1. The zero-order valence-corrected chi connectivity index (χ0v) is 12.2. The molecular weight excluding hydrogens is 288 g/mol. The molecular formula is C11H17BrN2OS. The van der Waals surface area contributed by atoms with Crippen molar-refractivity contribution >= 4 is 33.2 Å². The van der Waals surface area contributed by atoms with Crippen LogP contribution in [0.3, 0.4) is 0 Å². The van der Waals surface area contributed by atoms with Gasteiger partial charge in [0.15, 0.2) is 0 Å². The molecule has 1 aromatic rings. The highest BCUT2D eigenvalue weighted by atomic mass is 79.9. The molecule has 1 amide bonds. The summed E-state index contributed by atoms with van der Waals surface area (Å²) in [5.74, 6) is 0.0530. The first-order chi connectivity index (χ1) is 7.35. The average molecular weight is 305 g/mol. The van der Waals surface area contributed by atoms with Gasteiger partial charge in [0, 0.05) is 23.4 Å². The molecule has 1 aromatic heterocycles. The third-order valence-electron chi connectivity index (χ3n) is 2.34. The van der Waals surface area contributed by atoms with Crippen molar-refractivity contribution in [3.05, 3.63) is 20.8 Å². The number of amides is 1. The highest BCUT2D eigenvalue weighted by Gasteiger charge is 2.22. The van der Waals surface area contributed by atoms with E-state index in [4.69, 9.17) is 5.73 Å². The number of carbonyl (C=O) groups is 1. The Kier molecular flexibility index (Phi) is 4.52. The summed E-state index contributed by atoms with van der Waals surface area (Å²) in [6.07, 6.45) is 0. The average Bonchev–Trinajstić information content (AvgIpc) is 2.63. The molecule has 0 atom stereocenters. The van der Waals surface area contributed by atoms with Crippen LogP contribution in [-0.4, -0.2) is 30.9 Å². The molecule has 0 spiro atoms. The summed E-state index contributed by atoms with van der Waals surface area (Å²) in [5.41, 5.74) is 5.61. The van der Waals surface area contributed by atoms with Crippen LogP contribution in [0.1, 0.15) is 23.5 Å². The van der Waals surface area contributed by atoms with Gasteiger partial charge >= 0.3 is 0 Å². The number of nitrogens with two attached hydrogens (primary N) is 1. The maximum Gasteiger partial charge on any atom is 0.263 e. The molecule has 5 heteroatoms. The van der Waals surface area contributed by atoms with Gasteiger partial charge in [-0.3, -0.25) is 4.79 Å². The Hall–Kier alpha value is -0.390. The summed E-state index contributed by atoms with van der Waals surface area (Å²) in [6.45, 7) is 5.35. The second-order valence-corrected chi connectivity index (χ2v) is 6.49.